The van der Waals surface area contributed by atoms with E-state index in [2.05, 4.69) is 6.07 Å². The summed E-state index contributed by atoms with van der Waals surface area (Å²) in [6.07, 6.45) is 1.62. The standard InChI is InChI=1S/C8H12ClNO/c1-2-8(9,6-10)7-3-4-11-5-7/h7H,2-5H2,1H3. The number of nitrogens with zero attached hydrogens (tertiary/aromatic N) is 1. The van der Waals surface area contributed by atoms with Crippen LogP contribution in [0.5, 0.6) is 0 Å². The Kier molecular flexibility index (Phi) is 2.75. The number of nitriles is 1. The molecular formula is C8H12ClNO. The number of alkyl halides is 1. The van der Waals surface area contributed by atoms with Gasteiger partial charge in [0.25, 0.3) is 0 Å². The summed E-state index contributed by atoms with van der Waals surface area (Å²) < 4.78 is 5.17. The number of rotatable bonds is 2. The van der Waals surface area contributed by atoms with Crippen LogP contribution in [0.4, 0.5) is 0 Å². The molecule has 1 heterocycles. The highest BCUT2D eigenvalue weighted by Crippen LogP contribution is 2.33. The molecule has 0 radical (unpaired) electrons. The van der Waals surface area contributed by atoms with Gasteiger partial charge in [-0.15, -0.1) is 11.6 Å². The van der Waals surface area contributed by atoms with Crippen molar-refractivity contribution in [2.75, 3.05) is 13.2 Å². The van der Waals surface area contributed by atoms with E-state index < -0.39 is 4.87 Å². The molecule has 1 fully saturated rings. The van der Waals surface area contributed by atoms with Gasteiger partial charge in [0.1, 0.15) is 4.87 Å². The highest BCUT2D eigenvalue weighted by molar-refractivity contribution is 6.26. The fraction of sp³-hybridized carbons (Fsp3) is 0.875. The Hall–Kier alpha value is -0.260. The summed E-state index contributed by atoms with van der Waals surface area (Å²) in [5.41, 5.74) is 0. The van der Waals surface area contributed by atoms with E-state index in [-0.39, 0.29) is 5.92 Å². The van der Waals surface area contributed by atoms with Gasteiger partial charge < -0.3 is 4.74 Å². The molecular weight excluding hydrogens is 162 g/mol. The molecule has 0 aromatic carbocycles. The lowest BCUT2D eigenvalue weighted by atomic mass is 9.90. The van der Waals surface area contributed by atoms with Crippen molar-refractivity contribution in [3.63, 3.8) is 0 Å². The molecule has 11 heavy (non-hydrogen) atoms. The number of hydrogen-bond donors (Lipinski definition) is 0. The monoisotopic (exact) mass is 173 g/mol. The van der Waals surface area contributed by atoms with Gasteiger partial charge in [0.05, 0.1) is 12.7 Å². The number of hydrogen-bond acceptors (Lipinski definition) is 2. The van der Waals surface area contributed by atoms with Crippen LogP contribution < -0.4 is 0 Å². The van der Waals surface area contributed by atoms with Crippen molar-refractivity contribution < 1.29 is 4.74 Å². The van der Waals surface area contributed by atoms with Crippen LogP contribution in [0.15, 0.2) is 0 Å². The quantitative estimate of drug-likeness (QED) is 0.598. The van der Waals surface area contributed by atoms with Crippen molar-refractivity contribution >= 4 is 11.6 Å². The summed E-state index contributed by atoms with van der Waals surface area (Å²) in [6, 6.07) is 2.16. The molecule has 0 spiro atoms. The zero-order valence-electron chi connectivity index (χ0n) is 6.64. The molecule has 1 aliphatic heterocycles. The van der Waals surface area contributed by atoms with Gasteiger partial charge in [-0.25, -0.2) is 0 Å². The molecule has 62 valence electrons. The first-order valence-corrected chi connectivity index (χ1v) is 4.28. The third kappa shape index (κ3) is 1.66. The van der Waals surface area contributed by atoms with Gasteiger partial charge in [-0.3, -0.25) is 0 Å². The number of halogens is 1. The molecule has 3 heteroatoms. The van der Waals surface area contributed by atoms with Crippen LogP contribution in [0.3, 0.4) is 0 Å². The third-order valence-electron chi connectivity index (χ3n) is 2.28. The lowest BCUT2D eigenvalue weighted by Crippen LogP contribution is -2.29. The highest BCUT2D eigenvalue weighted by Gasteiger charge is 2.37. The maximum absolute atomic E-state index is 8.81. The molecule has 2 atom stereocenters. The zero-order chi connectivity index (χ0) is 8.32. The Bertz CT molecular complexity index is 171. The minimum Gasteiger partial charge on any atom is -0.381 e. The van der Waals surface area contributed by atoms with E-state index in [0.717, 1.165) is 13.0 Å². The van der Waals surface area contributed by atoms with Crippen molar-refractivity contribution in [3.05, 3.63) is 0 Å². The highest BCUT2D eigenvalue weighted by atomic mass is 35.5. The molecule has 0 bridgehead atoms. The van der Waals surface area contributed by atoms with Gasteiger partial charge in [0.2, 0.25) is 0 Å². The predicted octanol–water partition coefficient (Wildman–Crippen LogP) is 1.93. The Balaban J connectivity index is 2.61. The van der Waals surface area contributed by atoms with E-state index in [1.807, 2.05) is 6.92 Å². The van der Waals surface area contributed by atoms with Crippen LogP contribution in [0.2, 0.25) is 0 Å². The zero-order valence-corrected chi connectivity index (χ0v) is 7.40. The molecule has 1 saturated heterocycles. The fourth-order valence-corrected chi connectivity index (χ4v) is 1.53. The van der Waals surface area contributed by atoms with Gasteiger partial charge in [0, 0.05) is 12.5 Å². The number of ether oxygens (including phenoxy) is 1. The summed E-state index contributed by atoms with van der Waals surface area (Å²) in [5.74, 6) is 0.221. The predicted molar refractivity (Wildman–Crippen MR) is 43.4 cm³/mol. The SMILES string of the molecule is CCC(Cl)(C#N)C1CCOC1. The van der Waals surface area contributed by atoms with Gasteiger partial charge in [-0.1, -0.05) is 6.92 Å². The largest absolute Gasteiger partial charge is 0.381 e. The first-order chi connectivity index (χ1) is 5.23. The second kappa shape index (κ2) is 3.42. The maximum Gasteiger partial charge on any atom is 0.135 e. The van der Waals surface area contributed by atoms with E-state index in [0.29, 0.717) is 13.0 Å². The minimum atomic E-state index is -0.684. The lowest BCUT2D eigenvalue weighted by Gasteiger charge is -2.22. The van der Waals surface area contributed by atoms with Crippen LogP contribution in [0.25, 0.3) is 0 Å². The molecule has 0 amide bonds. The Morgan fingerprint density at radius 1 is 1.82 bits per heavy atom. The van der Waals surface area contributed by atoms with Crippen molar-refractivity contribution in [2.45, 2.75) is 24.6 Å². The maximum atomic E-state index is 8.81. The summed E-state index contributed by atoms with van der Waals surface area (Å²) >= 11 is 6.07. The summed E-state index contributed by atoms with van der Waals surface area (Å²) in [5, 5.41) is 8.81. The first kappa shape index (κ1) is 8.83. The summed E-state index contributed by atoms with van der Waals surface area (Å²) in [6.45, 7) is 3.33. The van der Waals surface area contributed by atoms with Crippen LogP contribution in [-0.4, -0.2) is 18.1 Å². The van der Waals surface area contributed by atoms with Gasteiger partial charge >= 0.3 is 0 Å². The van der Waals surface area contributed by atoms with E-state index in [9.17, 15) is 0 Å². The molecule has 0 saturated carbocycles. The van der Waals surface area contributed by atoms with Gasteiger partial charge in [0.15, 0.2) is 0 Å². The van der Waals surface area contributed by atoms with E-state index in [1.54, 1.807) is 0 Å². The van der Waals surface area contributed by atoms with Crippen molar-refractivity contribution in [2.24, 2.45) is 5.92 Å². The lowest BCUT2D eigenvalue weighted by molar-refractivity contribution is 0.180. The normalized spacial score (nSPS) is 29.4. The van der Waals surface area contributed by atoms with Crippen LogP contribution in [0, 0.1) is 17.2 Å². The van der Waals surface area contributed by atoms with E-state index in [4.69, 9.17) is 21.6 Å². The molecule has 2 unspecified atom stereocenters. The van der Waals surface area contributed by atoms with Crippen LogP contribution in [0.1, 0.15) is 19.8 Å². The topological polar surface area (TPSA) is 33.0 Å². The first-order valence-electron chi connectivity index (χ1n) is 3.91. The second-order valence-electron chi connectivity index (χ2n) is 2.89. The average molecular weight is 174 g/mol. The molecule has 2 nitrogen and oxygen atoms in total. The van der Waals surface area contributed by atoms with Crippen molar-refractivity contribution in [1.82, 2.24) is 0 Å². The fourth-order valence-electron chi connectivity index (χ4n) is 1.35. The molecule has 0 N–H and O–H groups in total. The molecule has 0 aromatic heterocycles. The van der Waals surface area contributed by atoms with Crippen molar-refractivity contribution in [1.29, 1.82) is 5.26 Å². The van der Waals surface area contributed by atoms with Crippen LogP contribution in [-0.2, 0) is 4.74 Å². The molecule has 1 rings (SSSR count). The molecule has 0 aliphatic carbocycles. The Morgan fingerprint density at radius 3 is 2.91 bits per heavy atom. The molecule has 1 aliphatic rings. The van der Waals surface area contributed by atoms with E-state index >= 15 is 0 Å². The van der Waals surface area contributed by atoms with Gasteiger partial charge in [-0.05, 0) is 12.8 Å². The molecule has 0 aromatic rings. The second-order valence-corrected chi connectivity index (χ2v) is 3.56. The van der Waals surface area contributed by atoms with Crippen LogP contribution >= 0.6 is 11.6 Å². The van der Waals surface area contributed by atoms with Gasteiger partial charge in [-0.2, -0.15) is 5.26 Å². The third-order valence-corrected chi connectivity index (χ3v) is 2.94. The van der Waals surface area contributed by atoms with Crippen molar-refractivity contribution in [3.8, 4) is 6.07 Å². The van der Waals surface area contributed by atoms with E-state index in [1.165, 1.54) is 0 Å². The summed E-state index contributed by atoms with van der Waals surface area (Å²) in [4.78, 5) is -0.684. The summed E-state index contributed by atoms with van der Waals surface area (Å²) in [7, 11) is 0. The minimum absolute atomic E-state index is 0.221. The Labute approximate surface area is 72.1 Å². The average Bonchev–Trinajstić information content (AvgIpc) is 2.55. The Morgan fingerprint density at radius 2 is 2.55 bits per heavy atom. The smallest absolute Gasteiger partial charge is 0.135 e.